The molecule has 7 heteroatoms. The average molecular weight is 373 g/mol. The van der Waals surface area contributed by atoms with Crippen LogP contribution in [0, 0.1) is 23.6 Å². The van der Waals surface area contributed by atoms with Gasteiger partial charge in [-0.1, -0.05) is 12.1 Å². The molecule has 0 fully saturated rings. The summed E-state index contributed by atoms with van der Waals surface area (Å²) in [6.45, 7) is 2.11. The quantitative estimate of drug-likeness (QED) is 0.422. The minimum atomic E-state index is -0.776. The van der Waals surface area contributed by atoms with Gasteiger partial charge in [0.15, 0.2) is 11.6 Å². The molecule has 1 amide bonds. The first-order chi connectivity index (χ1) is 13.0. The van der Waals surface area contributed by atoms with Crippen molar-refractivity contribution in [1.82, 2.24) is 10.3 Å². The number of carbonyl (C=O) groups excluding carboxylic acids is 1. The largest absolute Gasteiger partial charge is 0.491 e. The van der Waals surface area contributed by atoms with E-state index in [0.29, 0.717) is 6.61 Å². The number of hydrogen-bond acceptors (Lipinski definition) is 4. The zero-order valence-corrected chi connectivity index (χ0v) is 15.0. The fourth-order valence-electron chi connectivity index (χ4n) is 2.34. The molecule has 1 aromatic heterocycles. The van der Waals surface area contributed by atoms with Crippen LogP contribution >= 0.6 is 0 Å². The van der Waals surface area contributed by atoms with Crippen LogP contribution in [0.4, 0.5) is 14.6 Å². The summed E-state index contributed by atoms with van der Waals surface area (Å²) in [5, 5.41) is 2.54. The fourth-order valence-corrected chi connectivity index (χ4v) is 2.34. The standard InChI is InChI=1S/C20H21F2N3O2/c1-2-3-4-5-6-12-27-16-9-7-8-14(18(16)22)13-24-20(26)15-10-11-17(21)25-19(15)23/h7-11H,4-6,12-13H2,1H3,(H2,23,25)(H,24,26). The lowest BCUT2D eigenvalue weighted by Gasteiger charge is -2.11. The number of halogens is 2. The second kappa shape index (κ2) is 10.1. The van der Waals surface area contributed by atoms with Crippen LogP contribution in [0.5, 0.6) is 5.75 Å². The summed E-state index contributed by atoms with van der Waals surface area (Å²) >= 11 is 0. The Labute approximate surface area is 156 Å². The van der Waals surface area contributed by atoms with Crippen LogP contribution in [0.15, 0.2) is 30.3 Å². The summed E-state index contributed by atoms with van der Waals surface area (Å²) in [5.41, 5.74) is 5.83. The number of hydrogen-bond donors (Lipinski definition) is 2. The van der Waals surface area contributed by atoms with Crippen molar-refractivity contribution in [2.24, 2.45) is 0 Å². The lowest BCUT2D eigenvalue weighted by atomic mass is 10.2. The molecule has 0 radical (unpaired) electrons. The molecule has 2 rings (SSSR count). The topological polar surface area (TPSA) is 77.2 Å². The van der Waals surface area contributed by atoms with Crippen LogP contribution in [0.1, 0.15) is 42.1 Å². The number of anilines is 1. The molecule has 0 aliphatic heterocycles. The highest BCUT2D eigenvalue weighted by Gasteiger charge is 2.14. The summed E-state index contributed by atoms with van der Waals surface area (Å²) < 4.78 is 32.9. The maximum absolute atomic E-state index is 14.5. The first-order valence-corrected chi connectivity index (χ1v) is 8.53. The van der Waals surface area contributed by atoms with Gasteiger partial charge in [-0.3, -0.25) is 4.79 Å². The molecule has 0 aliphatic rings. The van der Waals surface area contributed by atoms with Crippen molar-refractivity contribution >= 4 is 11.7 Å². The molecule has 0 atom stereocenters. The van der Waals surface area contributed by atoms with Gasteiger partial charge < -0.3 is 15.8 Å². The van der Waals surface area contributed by atoms with Crippen molar-refractivity contribution < 1.29 is 18.3 Å². The van der Waals surface area contributed by atoms with Crippen LogP contribution in [-0.2, 0) is 6.54 Å². The van der Waals surface area contributed by atoms with Crippen molar-refractivity contribution in [2.45, 2.75) is 32.7 Å². The molecule has 0 saturated carbocycles. The highest BCUT2D eigenvalue weighted by molar-refractivity contribution is 5.98. The van der Waals surface area contributed by atoms with Gasteiger partial charge in [0.1, 0.15) is 5.82 Å². The van der Waals surface area contributed by atoms with E-state index in [0.717, 1.165) is 25.3 Å². The monoisotopic (exact) mass is 373 g/mol. The molecule has 0 aliphatic carbocycles. The summed E-state index contributed by atoms with van der Waals surface area (Å²) in [7, 11) is 0. The van der Waals surface area contributed by atoms with E-state index in [1.807, 2.05) is 0 Å². The number of nitrogens with zero attached hydrogens (tertiary/aromatic N) is 1. The van der Waals surface area contributed by atoms with E-state index in [9.17, 15) is 13.6 Å². The zero-order valence-electron chi connectivity index (χ0n) is 15.0. The number of aromatic nitrogens is 1. The van der Waals surface area contributed by atoms with E-state index in [-0.39, 0.29) is 29.2 Å². The van der Waals surface area contributed by atoms with Gasteiger partial charge in [0.2, 0.25) is 5.95 Å². The lowest BCUT2D eigenvalue weighted by Crippen LogP contribution is -2.25. The minimum absolute atomic E-state index is 0.0272. The average Bonchev–Trinajstić information content (AvgIpc) is 2.64. The normalized spacial score (nSPS) is 10.0. The van der Waals surface area contributed by atoms with Gasteiger partial charge in [-0.15, -0.1) is 11.8 Å². The number of nitrogens with one attached hydrogen (secondary N) is 1. The molecule has 142 valence electrons. The predicted molar refractivity (Wildman–Crippen MR) is 99.0 cm³/mol. The predicted octanol–water partition coefficient (Wildman–Crippen LogP) is 3.44. The number of carbonyl (C=O) groups is 1. The van der Waals surface area contributed by atoms with Crippen molar-refractivity contribution in [1.29, 1.82) is 0 Å². The van der Waals surface area contributed by atoms with Crippen molar-refractivity contribution in [3.63, 3.8) is 0 Å². The highest BCUT2D eigenvalue weighted by Crippen LogP contribution is 2.21. The number of ether oxygens (including phenoxy) is 1. The first-order valence-electron chi connectivity index (χ1n) is 8.53. The summed E-state index contributed by atoms with van der Waals surface area (Å²) in [6.07, 6.45) is 2.44. The van der Waals surface area contributed by atoms with Gasteiger partial charge in [0.25, 0.3) is 5.91 Å². The summed E-state index contributed by atoms with van der Waals surface area (Å²) in [4.78, 5) is 15.5. The molecular formula is C20H21F2N3O2. The zero-order chi connectivity index (χ0) is 19.6. The third-order valence-electron chi connectivity index (χ3n) is 3.75. The van der Waals surface area contributed by atoms with Gasteiger partial charge in [-0.25, -0.2) is 9.37 Å². The number of benzene rings is 1. The number of unbranched alkanes of at least 4 members (excludes halogenated alkanes) is 2. The number of rotatable bonds is 8. The third-order valence-corrected chi connectivity index (χ3v) is 3.75. The molecule has 27 heavy (non-hydrogen) atoms. The van der Waals surface area contributed by atoms with Crippen LogP contribution in [-0.4, -0.2) is 17.5 Å². The van der Waals surface area contributed by atoms with E-state index in [1.165, 1.54) is 12.1 Å². The van der Waals surface area contributed by atoms with Crippen LogP contribution in [0.25, 0.3) is 0 Å². The maximum Gasteiger partial charge on any atom is 0.255 e. The van der Waals surface area contributed by atoms with Crippen molar-refractivity contribution in [3.05, 3.63) is 53.2 Å². The van der Waals surface area contributed by atoms with Crippen molar-refractivity contribution in [2.75, 3.05) is 12.3 Å². The Morgan fingerprint density at radius 1 is 1.26 bits per heavy atom. The van der Waals surface area contributed by atoms with Gasteiger partial charge >= 0.3 is 0 Å². The highest BCUT2D eigenvalue weighted by atomic mass is 19.1. The minimum Gasteiger partial charge on any atom is -0.491 e. The SMILES string of the molecule is CC#CCCCCOc1cccc(CNC(=O)c2ccc(F)nc2N)c1F. The summed E-state index contributed by atoms with van der Waals surface area (Å²) in [5.74, 6) is 3.81. The number of nitrogens with two attached hydrogens (primary N) is 1. The van der Waals surface area contributed by atoms with Crippen molar-refractivity contribution in [3.8, 4) is 17.6 Å². The molecular weight excluding hydrogens is 352 g/mol. The van der Waals surface area contributed by atoms with Crippen LogP contribution in [0.2, 0.25) is 0 Å². The molecule has 5 nitrogen and oxygen atoms in total. The molecule has 1 heterocycles. The Morgan fingerprint density at radius 2 is 2.07 bits per heavy atom. The van der Waals surface area contributed by atoms with Crippen LogP contribution < -0.4 is 15.8 Å². The second-order valence-corrected chi connectivity index (χ2v) is 5.71. The Morgan fingerprint density at radius 3 is 2.81 bits per heavy atom. The number of amides is 1. The Balaban J connectivity index is 1.92. The molecule has 0 bridgehead atoms. The molecule has 2 aromatic rings. The van der Waals surface area contributed by atoms with Gasteiger partial charge in [-0.05, 0) is 38.0 Å². The lowest BCUT2D eigenvalue weighted by molar-refractivity contribution is 0.0951. The van der Waals surface area contributed by atoms with E-state index in [2.05, 4.69) is 22.1 Å². The Hall–Kier alpha value is -3.14. The van der Waals surface area contributed by atoms with E-state index >= 15 is 0 Å². The molecule has 0 spiro atoms. The molecule has 0 unspecified atom stereocenters. The van der Waals surface area contributed by atoms with Crippen LogP contribution in [0.3, 0.4) is 0 Å². The number of nitrogen functional groups attached to an aromatic ring is 1. The fraction of sp³-hybridized carbons (Fsp3) is 0.300. The van der Waals surface area contributed by atoms with E-state index < -0.39 is 17.7 Å². The second-order valence-electron chi connectivity index (χ2n) is 5.71. The molecule has 1 aromatic carbocycles. The Kier molecular flexibility index (Phi) is 7.56. The van der Waals surface area contributed by atoms with Gasteiger partial charge in [0, 0.05) is 18.5 Å². The van der Waals surface area contributed by atoms with Gasteiger partial charge in [-0.2, -0.15) is 4.39 Å². The third kappa shape index (κ3) is 5.96. The molecule has 0 saturated heterocycles. The maximum atomic E-state index is 14.5. The number of pyridine rings is 1. The van der Waals surface area contributed by atoms with E-state index in [1.54, 1.807) is 19.1 Å². The smallest absolute Gasteiger partial charge is 0.255 e. The van der Waals surface area contributed by atoms with Gasteiger partial charge in [0.05, 0.1) is 12.2 Å². The Bertz CT molecular complexity index is 860. The molecule has 3 N–H and O–H groups in total. The first kappa shape index (κ1) is 20.2. The summed E-state index contributed by atoms with van der Waals surface area (Å²) in [6, 6.07) is 6.99. The van der Waals surface area contributed by atoms with E-state index in [4.69, 9.17) is 10.5 Å².